The lowest BCUT2D eigenvalue weighted by atomic mass is 10.0. The number of amides is 1. The molecule has 0 unspecified atom stereocenters. The van der Waals surface area contributed by atoms with Crippen LogP contribution in [0.1, 0.15) is 18.0 Å². The van der Waals surface area contributed by atoms with Crippen LogP contribution in [-0.2, 0) is 4.74 Å². The maximum absolute atomic E-state index is 12.8. The molecule has 1 saturated heterocycles. The fourth-order valence-electron chi connectivity index (χ4n) is 1.54. The van der Waals surface area contributed by atoms with Gasteiger partial charge < -0.3 is 10.1 Å². The van der Waals surface area contributed by atoms with Gasteiger partial charge in [0.05, 0.1) is 12.6 Å². The fourth-order valence-corrected chi connectivity index (χ4v) is 1.84. The van der Waals surface area contributed by atoms with E-state index < -0.39 is 6.09 Å². The maximum Gasteiger partial charge on any atom is 0.407 e. The number of hydrogen-bond donors (Lipinski definition) is 1. The molecule has 1 aliphatic rings. The maximum atomic E-state index is 12.8. The van der Waals surface area contributed by atoms with Crippen molar-refractivity contribution in [3.05, 3.63) is 34.6 Å². The van der Waals surface area contributed by atoms with Crippen molar-refractivity contribution < 1.29 is 13.9 Å². The summed E-state index contributed by atoms with van der Waals surface area (Å²) in [6.07, 6.45) is 0.170. The van der Waals surface area contributed by atoms with Gasteiger partial charge in [0.15, 0.2) is 0 Å². The quantitative estimate of drug-likeness (QED) is 0.848. The summed E-state index contributed by atoms with van der Waals surface area (Å²) in [6, 6.07) is 3.94. The SMILES string of the molecule is Cl.O=C1N[C@@H](c2ccc(F)cc2Cl)CCO1. The number of nitrogens with one attached hydrogen (secondary N) is 1. The second-order valence-electron chi connectivity index (χ2n) is 3.29. The molecule has 6 heteroatoms. The Morgan fingerprint density at radius 1 is 1.50 bits per heavy atom. The third kappa shape index (κ3) is 2.77. The Morgan fingerprint density at radius 2 is 2.25 bits per heavy atom. The van der Waals surface area contributed by atoms with Gasteiger partial charge >= 0.3 is 6.09 Å². The Kier molecular flexibility index (Phi) is 4.38. The van der Waals surface area contributed by atoms with Crippen molar-refractivity contribution in [1.29, 1.82) is 0 Å². The lowest BCUT2D eigenvalue weighted by Gasteiger charge is -2.24. The van der Waals surface area contributed by atoms with Crippen LogP contribution < -0.4 is 5.32 Å². The van der Waals surface area contributed by atoms with E-state index in [9.17, 15) is 9.18 Å². The molecule has 1 amide bonds. The molecule has 16 heavy (non-hydrogen) atoms. The van der Waals surface area contributed by atoms with E-state index in [4.69, 9.17) is 16.3 Å². The molecule has 0 aromatic heterocycles. The zero-order valence-corrected chi connectivity index (χ0v) is 9.78. The van der Waals surface area contributed by atoms with Gasteiger partial charge in [0.1, 0.15) is 5.82 Å². The number of carbonyl (C=O) groups is 1. The van der Waals surface area contributed by atoms with Crippen LogP contribution in [0.2, 0.25) is 5.02 Å². The summed E-state index contributed by atoms with van der Waals surface area (Å²) in [5.74, 6) is -0.387. The number of ether oxygens (including phenoxy) is 1. The number of rotatable bonds is 1. The van der Waals surface area contributed by atoms with Crippen LogP contribution in [0.5, 0.6) is 0 Å². The van der Waals surface area contributed by atoms with Crippen LogP contribution in [0.25, 0.3) is 0 Å². The molecule has 0 radical (unpaired) electrons. The molecule has 0 bridgehead atoms. The number of benzene rings is 1. The first-order chi connectivity index (χ1) is 7.16. The second-order valence-corrected chi connectivity index (χ2v) is 3.69. The van der Waals surface area contributed by atoms with Gasteiger partial charge in [-0.2, -0.15) is 0 Å². The summed E-state index contributed by atoms with van der Waals surface area (Å²) in [5.41, 5.74) is 0.717. The summed E-state index contributed by atoms with van der Waals surface area (Å²) >= 11 is 5.88. The zero-order valence-electron chi connectivity index (χ0n) is 8.20. The van der Waals surface area contributed by atoms with Crippen LogP contribution in [0.15, 0.2) is 18.2 Å². The number of hydrogen-bond acceptors (Lipinski definition) is 2. The van der Waals surface area contributed by atoms with Crippen molar-refractivity contribution in [1.82, 2.24) is 5.32 Å². The van der Waals surface area contributed by atoms with Crippen LogP contribution in [0.4, 0.5) is 9.18 Å². The van der Waals surface area contributed by atoms with E-state index in [1.165, 1.54) is 12.1 Å². The fraction of sp³-hybridized carbons (Fsp3) is 0.300. The Morgan fingerprint density at radius 3 is 2.88 bits per heavy atom. The van der Waals surface area contributed by atoms with Gasteiger partial charge in [0.2, 0.25) is 0 Å². The zero-order chi connectivity index (χ0) is 10.8. The van der Waals surface area contributed by atoms with Crippen LogP contribution in [-0.4, -0.2) is 12.7 Å². The minimum Gasteiger partial charge on any atom is -0.449 e. The monoisotopic (exact) mass is 265 g/mol. The van der Waals surface area contributed by atoms with Gasteiger partial charge in [0.25, 0.3) is 0 Å². The van der Waals surface area contributed by atoms with E-state index in [0.717, 1.165) is 5.56 Å². The molecular weight excluding hydrogens is 256 g/mol. The Hall–Kier alpha value is -1.00. The molecule has 2 rings (SSSR count). The van der Waals surface area contributed by atoms with Gasteiger partial charge in [-0.25, -0.2) is 9.18 Å². The smallest absolute Gasteiger partial charge is 0.407 e. The first-order valence-corrected chi connectivity index (χ1v) is 4.93. The average Bonchev–Trinajstić information content (AvgIpc) is 2.17. The largest absolute Gasteiger partial charge is 0.449 e. The van der Waals surface area contributed by atoms with Gasteiger partial charge in [-0.05, 0) is 17.7 Å². The van der Waals surface area contributed by atoms with Crippen molar-refractivity contribution in [3.8, 4) is 0 Å². The number of carbonyl (C=O) groups excluding carboxylic acids is 1. The summed E-state index contributed by atoms with van der Waals surface area (Å²) in [5, 5.41) is 2.95. The highest BCUT2D eigenvalue weighted by molar-refractivity contribution is 6.31. The van der Waals surface area contributed by atoms with E-state index in [-0.39, 0.29) is 24.3 Å². The molecule has 3 nitrogen and oxygen atoms in total. The van der Waals surface area contributed by atoms with Crippen molar-refractivity contribution in [3.63, 3.8) is 0 Å². The Bertz CT molecular complexity index is 400. The molecule has 1 heterocycles. The second kappa shape index (κ2) is 5.37. The van der Waals surface area contributed by atoms with E-state index >= 15 is 0 Å². The van der Waals surface area contributed by atoms with Crippen LogP contribution >= 0.6 is 24.0 Å². The number of alkyl carbamates (subject to hydrolysis) is 1. The first kappa shape index (κ1) is 13.1. The molecule has 1 aliphatic heterocycles. The van der Waals surface area contributed by atoms with Crippen molar-refractivity contribution in [2.75, 3.05) is 6.61 Å². The van der Waals surface area contributed by atoms with Crippen LogP contribution in [0, 0.1) is 5.82 Å². The third-order valence-corrected chi connectivity index (χ3v) is 2.60. The molecule has 1 fully saturated rings. The minimum absolute atomic E-state index is 0. The molecule has 0 spiro atoms. The van der Waals surface area contributed by atoms with E-state index in [1.807, 2.05) is 0 Å². The van der Waals surface area contributed by atoms with E-state index in [0.29, 0.717) is 18.1 Å². The normalized spacial score (nSPS) is 19.4. The summed E-state index contributed by atoms with van der Waals surface area (Å²) in [6.45, 7) is 0.351. The van der Waals surface area contributed by atoms with E-state index in [2.05, 4.69) is 5.32 Å². The predicted molar refractivity (Wildman–Crippen MR) is 60.5 cm³/mol. The third-order valence-electron chi connectivity index (χ3n) is 2.27. The minimum atomic E-state index is -0.466. The molecule has 1 atom stereocenters. The molecule has 1 aromatic carbocycles. The topological polar surface area (TPSA) is 38.3 Å². The van der Waals surface area contributed by atoms with Crippen molar-refractivity contribution >= 4 is 30.1 Å². The highest BCUT2D eigenvalue weighted by atomic mass is 35.5. The highest BCUT2D eigenvalue weighted by Crippen LogP contribution is 2.27. The number of cyclic esters (lactones) is 1. The molecular formula is C10H10Cl2FNO2. The van der Waals surface area contributed by atoms with Gasteiger partial charge in [-0.1, -0.05) is 17.7 Å². The van der Waals surface area contributed by atoms with Crippen molar-refractivity contribution in [2.24, 2.45) is 0 Å². The standard InChI is InChI=1S/C10H9ClFNO2.ClH/c11-8-5-6(12)1-2-7(8)9-3-4-15-10(14)13-9;/h1-2,5,9H,3-4H2,(H,13,14);1H/t9-;/m1./s1. The number of halogens is 3. The van der Waals surface area contributed by atoms with E-state index in [1.54, 1.807) is 6.07 Å². The summed E-state index contributed by atoms with van der Waals surface area (Å²) < 4.78 is 17.5. The lowest BCUT2D eigenvalue weighted by Crippen LogP contribution is -2.35. The van der Waals surface area contributed by atoms with Crippen molar-refractivity contribution in [2.45, 2.75) is 12.5 Å². The average molecular weight is 266 g/mol. The Balaban J connectivity index is 0.00000128. The molecule has 88 valence electrons. The molecule has 1 N–H and O–H groups in total. The summed E-state index contributed by atoms with van der Waals surface area (Å²) in [4.78, 5) is 11.0. The van der Waals surface area contributed by atoms with Gasteiger partial charge in [-0.15, -0.1) is 12.4 Å². The van der Waals surface area contributed by atoms with Gasteiger partial charge in [-0.3, -0.25) is 0 Å². The molecule has 0 aliphatic carbocycles. The Labute approximate surface area is 103 Å². The highest BCUT2D eigenvalue weighted by Gasteiger charge is 2.22. The summed E-state index contributed by atoms with van der Waals surface area (Å²) in [7, 11) is 0. The molecule has 1 aromatic rings. The first-order valence-electron chi connectivity index (χ1n) is 4.55. The van der Waals surface area contributed by atoms with Crippen LogP contribution in [0.3, 0.4) is 0 Å². The molecule has 0 saturated carbocycles. The van der Waals surface area contributed by atoms with Gasteiger partial charge in [0, 0.05) is 11.4 Å². The predicted octanol–water partition coefficient (Wildman–Crippen LogP) is 3.07. The lowest BCUT2D eigenvalue weighted by molar-refractivity contribution is 0.115.